The Bertz CT molecular complexity index is 744. The van der Waals surface area contributed by atoms with Gasteiger partial charge in [-0.1, -0.05) is 0 Å². The van der Waals surface area contributed by atoms with Crippen LogP contribution in [0.4, 0.5) is 5.82 Å². The van der Waals surface area contributed by atoms with Crippen molar-refractivity contribution in [2.24, 2.45) is 0 Å². The number of nitrogens with zero attached hydrogens (tertiary/aromatic N) is 6. The highest BCUT2D eigenvalue weighted by Gasteiger charge is 2.32. The SMILES string of the molecule is C[C@H](C(=O)N1CC[C@H](Oc2cccnc2N2CCCC2)C1)n1cncn1. The van der Waals surface area contributed by atoms with Gasteiger partial charge < -0.3 is 14.5 Å². The summed E-state index contributed by atoms with van der Waals surface area (Å²) < 4.78 is 7.82. The first-order valence-electron chi connectivity index (χ1n) is 9.22. The second-order valence-electron chi connectivity index (χ2n) is 6.88. The van der Waals surface area contributed by atoms with E-state index in [0.29, 0.717) is 13.1 Å². The zero-order valence-corrected chi connectivity index (χ0v) is 15.0. The fraction of sp³-hybridized carbons (Fsp3) is 0.556. The summed E-state index contributed by atoms with van der Waals surface area (Å²) in [5.74, 6) is 1.79. The molecule has 2 saturated heterocycles. The van der Waals surface area contributed by atoms with Crippen molar-refractivity contribution in [3.05, 3.63) is 31.0 Å². The lowest BCUT2D eigenvalue weighted by atomic mass is 10.3. The van der Waals surface area contributed by atoms with Crippen LogP contribution in [0.3, 0.4) is 0 Å². The van der Waals surface area contributed by atoms with Crippen molar-refractivity contribution in [1.82, 2.24) is 24.6 Å². The molecule has 8 nitrogen and oxygen atoms in total. The van der Waals surface area contributed by atoms with Crippen LogP contribution in [-0.4, -0.2) is 62.8 Å². The second kappa shape index (κ2) is 7.31. The quantitative estimate of drug-likeness (QED) is 0.808. The van der Waals surface area contributed by atoms with Crippen LogP contribution in [-0.2, 0) is 4.79 Å². The minimum atomic E-state index is -0.352. The summed E-state index contributed by atoms with van der Waals surface area (Å²) in [6, 6.07) is 3.53. The van der Waals surface area contributed by atoms with Crippen molar-refractivity contribution in [3.8, 4) is 5.75 Å². The van der Waals surface area contributed by atoms with Gasteiger partial charge >= 0.3 is 0 Å². The van der Waals surface area contributed by atoms with Gasteiger partial charge in [-0.05, 0) is 31.9 Å². The highest BCUT2D eigenvalue weighted by molar-refractivity contribution is 5.80. The van der Waals surface area contributed by atoms with Gasteiger partial charge in [0.25, 0.3) is 0 Å². The lowest BCUT2D eigenvalue weighted by Gasteiger charge is -2.23. The number of ether oxygens (including phenoxy) is 1. The lowest BCUT2D eigenvalue weighted by Crippen LogP contribution is -2.36. The maximum Gasteiger partial charge on any atom is 0.247 e. The van der Waals surface area contributed by atoms with Crippen molar-refractivity contribution in [2.75, 3.05) is 31.1 Å². The molecule has 0 spiro atoms. The van der Waals surface area contributed by atoms with E-state index in [4.69, 9.17) is 4.74 Å². The molecule has 2 fully saturated rings. The van der Waals surface area contributed by atoms with Gasteiger partial charge in [-0.15, -0.1) is 0 Å². The summed E-state index contributed by atoms with van der Waals surface area (Å²) in [6.07, 6.45) is 8.04. The molecule has 0 N–H and O–H groups in total. The third kappa shape index (κ3) is 3.36. The normalized spacial score (nSPS) is 21.2. The van der Waals surface area contributed by atoms with Crippen LogP contribution in [0.5, 0.6) is 5.75 Å². The zero-order valence-electron chi connectivity index (χ0n) is 15.0. The van der Waals surface area contributed by atoms with Crippen molar-refractivity contribution in [1.29, 1.82) is 0 Å². The molecule has 0 aromatic carbocycles. The second-order valence-corrected chi connectivity index (χ2v) is 6.88. The highest BCUT2D eigenvalue weighted by atomic mass is 16.5. The molecule has 0 radical (unpaired) electrons. The Morgan fingerprint density at radius 3 is 2.92 bits per heavy atom. The first kappa shape index (κ1) is 16.8. The van der Waals surface area contributed by atoms with Crippen molar-refractivity contribution in [2.45, 2.75) is 38.3 Å². The molecular weight excluding hydrogens is 332 g/mol. The average molecular weight is 356 g/mol. The Balaban J connectivity index is 1.40. The fourth-order valence-corrected chi connectivity index (χ4v) is 3.64. The molecule has 2 aromatic rings. The van der Waals surface area contributed by atoms with E-state index in [-0.39, 0.29) is 18.1 Å². The summed E-state index contributed by atoms with van der Waals surface area (Å²) in [7, 11) is 0. The lowest BCUT2D eigenvalue weighted by molar-refractivity contribution is -0.133. The summed E-state index contributed by atoms with van der Waals surface area (Å²) in [4.78, 5) is 25.2. The van der Waals surface area contributed by atoms with Gasteiger partial charge in [-0.3, -0.25) is 4.79 Å². The molecule has 2 atom stereocenters. The molecule has 2 aliphatic heterocycles. The van der Waals surface area contributed by atoms with E-state index in [1.54, 1.807) is 11.0 Å². The number of hydrogen-bond acceptors (Lipinski definition) is 6. The third-order valence-corrected chi connectivity index (χ3v) is 5.10. The Morgan fingerprint density at radius 1 is 1.31 bits per heavy atom. The van der Waals surface area contributed by atoms with Gasteiger partial charge in [0.2, 0.25) is 5.91 Å². The maximum atomic E-state index is 12.7. The molecule has 138 valence electrons. The minimum Gasteiger partial charge on any atom is -0.485 e. The molecular formula is C18H24N6O2. The molecule has 0 saturated carbocycles. The summed E-state index contributed by atoms with van der Waals surface area (Å²) in [6.45, 7) is 5.18. The first-order chi connectivity index (χ1) is 12.7. The van der Waals surface area contributed by atoms with Crippen LogP contribution >= 0.6 is 0 Å². The average Bonchev–Trinajstić information content (AvgIpc) is 3.42. The highest BCUT2D eigenvalue weighted by Crippen LogP contribution is 2.30. The number of anilines is 1. The van der Waals surface area contributed by atoms with Gasteiger partial charge in [0.1, 0.15) is 24.8 Å². The van der Waals surface area contributed by atoms with Crippen molar-refractivity contribution < 1.29 is 9.53 Å². The Hall–Kier alpha value is -2.64. The molecule has 26 heavy (non-hydrogen) atoms. The van der Waals surface area contributed by atoms with Crippen LogP contribution in [0, 0.1) is 0 Å². The van der Waals surface area contributed by atoms with Gasteiger partial charge in [0.15, 0.2) is 11.6 Å². The fourth-order valence-electron chi connectivity index (χ4n) is 3.64. The van der Waals surface area contributed by atoms with Crippen LogP contribution in [0.2, 0.25) is 0 Å². The predicted molar refractivity (Wildman–Crippen MR) is 96.0 cm³/mol. The molecule has 4 rings (SSSR count). The van der Waals surface area contributed by atoms with E-state index in [2.05, 4.69) is 20.0 Å². The van der Waals surface area contributed by atoms with Gasteiger partial charge in [0.05, 0.1) is 6.54 Å². The number of amides is 1. The van der Waals surface area contributed by atoms with E-state index in [1.807, 2.05) is 30.2 Å². The number of carbonyl (C=O) groups excluding carboxylic acids is 1. The monoisotopic (exact) mass is 356 g/mol. The molecule has 4 heterocycles. The topological polar surface area (TPSA) is 76.4 Å². The standard InChI is InChI=1S/C18H24N6O2/c1-14(24-13-19-12-21-24)18(25)23-10-6-15(11-23)26-16-5-4-7-20-17(16)22-8-2-3-9-22/h4-5,7,12-15H,2-3,6,8-11H2,1H3/t14-,15+/m1/s1. The molecule has 2 aliphatic rings. The van der Waals surface area contributed by atoms with Crippen LogP contribution in [0.15, 0.2) is 31.0 Å². The number of hydrogen-bond donors (Lipinski definition) is 0. The number of carbonyl (C=O) groups is 1. The Kier molecular flexibility index (Phi) is 4.73. The predicted octanol–water partition coefficient (Wildman–Crippen LogP) is 1.51. The molecule has 8 heteroatoms. The maximum absolute atomic E-state index is 12.7. The van der Waals surface area contributed by atoms with Crippen LogP contribution in [0.25, 0.3) is 0 Å². The molecule has 0 bridgehead atoms. The summed E-state index contributed by atoms with van der Waals surface area (Å²) >= 11 is 0. The number of likely N-dealkylation sites (tertiary alicyclic amines) is 1. The van der Waals surface area contributed by atoms with Crippen molar-refractivity contribution in [3.63, 3.8) is 0 Å². The molecule has 0 aliphatic carbocycles. The molecule has 0 unspecified atom stereocenters. The third-order valence-electron chi connectivity index (χ3n) is 5.10. The summed E-state index contributed by atoms with van der Waals surface area (Å²) in [5.41, 5.74) is 0. The smallest absolute Gasteiger partial charge is 0.247 e. The zero-order chi connectivity index (χ0) is 17.9. The van der Waals surface area contributed by atoms with E-state index >= 15 is 0 Å². The van der Waals surface area contributed by atoms with Gasteiger partial charge in [-0.25, -0.2) is 14.6 Å². The van der Waals surface area contributed by atoms with Gasteiger partial charge in [-0.2, -0.15) is 5.10 Å². The Morgan fingerprint density at radius 2 is 2.15 bits per heavy atom. The van der Waals surface area contributed by atoms with Gasteiger partial charge in [0, 0.05) is 32.3 Å². The number of rotatable bonds is 5. The molecule has 1 amide bonds. The van der Waals surface area contributed by atoms with E-state index in [1.165, 1.54) is 19.2 Å². The summed E-state index contributed by atoms with van der Waals surface area (Å²) in [5, 5.41) is 4.06. The largest absolute Gasteiger partial charge is 0.485 e. The first-order valence-corrected chi connectivity index (χ1v) is 9.22. The van der Waals surface area contributed by atoms with E-state index < -0.39 is 0 Å². The molecule has 2 aromatic heterocycles. The van der Waals surface area contributed by atoms with Crippen LogP contribution < -0.4 is 9.64 Å². The number of aromatic nitrogens is 4. The van der Waals surface area contributed by atoms with E-state index in [9.17, 15) is 4.79 Å². The Labute approximate surface area is 152 Å². The van der Waals surface area contributed by atoms with Crippen molar-refractivity contribution >= 4 is 11.7 Å². The number of pyridine rings is 1. The van der Waals surface area contributed by atoms with Crippen LogP contribution in [0.1, 0.15) is 32.2 Å². The van der Waals surface area contributed by atoms with E-state index in [0.717, 1.165) is 31.1 Å². The minimum absolute atomic E-state index is 0.00699.